The molecule has 0 radical (unpaired) electrons. The van der Waals surface area contributed by atoms with Crippen LogP contribution in [0.15, 0.2) is 53.5 Å². The Morgan fingerprint density at radius 1 is 0.966 bits per heavy atom. The normalized spacial score (nSPS) is 17.4. The van der Waals surface area contributed by atoms with Gasteiger partial charge in [0.15, 0.2) is 5.96 Å². The smallest absolute Gasteiger partial charge is 0.194 e. The number of guanidine groups is 1. The average molecular weight is 506 g/mol. The maximum Gasteiger partial charge on any atom is 0.194 e. The van der Waals surface area contributed by atoms with E-state index in [-0.39, 0.29) is 24.0 Å². The van der Waals surface area contributed by atoms with Gasteiger partial charge in [0, 0.05) is 46.3 Å². The molecule has 0 saturated carbocycles. The number of nitrogens with zero attached hydrogens (tertiary/aromatic N) is 3. The minimum atomic E-state index is 0. The van der Waals surface area contributed by atoms with E-state index in [2.05, 4.69) is 68.6 Å². The molecule has 0 aliphatic carbocycles. The highest BCUT2D eigenvalue weighted by atomic mass is 127. The van der Waals surface area contributed by atoms with Crippen LogP contribution in [0.25, 0.3) is 0 Å². The zero-order valence-electron chi connectivity index (χ0n) is 17.1. The summed E-state index contributed by atoms with van der Waals surface area (Å²) in [7, 11) is 1.87. The zero-order chi connectivity index (χ0) is 19.2. The maximum absolute atomic E-state index is 5.43. The minimum Gasteiger partial charge on any atom is -0.379 e. The molecule has 0 bridgehead atoms. The standard InChI is InChI=1S/C23H30N4O.HI/c1-24-23(27-11-10-21-4-2-3-5-22(21)18-27)25-16-19-6-8-20(9-7-19)17-26-12-14-28-15-13-26;/h2-9H,10-18H2,1H3,(H,24,25);1H. The van der Waals surface area contributed by atoms with Gasteiger partial charge in [0.05, 0.1) is 13.2 Å². The van der Waals surface area contributed by atoms with E-state index in [1.165, 1.54) is 22.3 Å². The Kier molecular flexibility index (Phi) is 8.32. The van der Waals surface area contributed by atoms with E-state index in [9.17, 15) is 0 Å². The van der Waals surface area contributed by atoms with Crippen LogP contribution >= 0.6 is 24.0 Å². The molecule has 2 heterocycles. The molecule has 2 aromatic rings. The lowest BCUT2D eigenvalue weighted by Gasteiger charge is -2.31. The first kappa shape index (κ1) is 22.1. The summed E-state index contributed by atoms with van der Waals surface area (Å²) in [5.41, 5.74) is 5.51. The highest BCUT2D eigenvalue weighted by Gasteiger charge is 2.18. The summed E-state index contributed by atoms with van der Waals surface area (Å²) in [6.45, 7) is 7.49. The molecular weight excluding hydrogens is 475 g/mol. The van der Waals surface area contributed by atoms with E-state index < -0.39 is 0 Å². The van der Waals surface area contributed by atoms with Gasteiger partial charge in [-0.15, -0.1) is 24.0 Å². The second-order valence-electron chi connectivity index (χ2n) is 7.55. The number of fused-ring (bicyclic) bond motifs is 1. The second kappa shape index (κ2) is 10.9. The van der Waals surface area contributed by atoms with Gasteiger partial charge in [0.2, 0.25) is 0 Å². The van der Waals surface area contributed by atoms with Gasteiger partial charge in [-0.1, -0.05) is 48.5 Å². The second-order valence-corrected chi connectivity index (χ2v) is 7.55. The number of morpholine rings is 1. The molecule has 0 spiro atoms. The van der Waals surface area contributed by atoms with E-state index in [0.29, 0.717) is 0 Å². The SMILES string of the molecule is CN=C(NCc1ccc(CN2CCOCC2)cc1)N1CCc2ccccc2C1.I. The van der Waals surface area contributed by atoms with Crippen LogP contribution < -0.4 is 5.32 Å². The molecule has 0 unspecified atom stereocenters. The predicted molar refractivity (Wildman–Crippen MR) is 129 cm³/mol. The van der Waals surface area contributed by atoms with Gasteiger partial charge < -0.3 is 15.0 Å². The molecule has 1 N–H and O–H groups in total. The first-order valence-electron chi connectivity index (χ1n) is 10.2. The van der Waals surface area contributed by atoms with Crippen molar-refractivity contribution in [3.8, 4) is 0 Å². The van der Waals surface area contributed by atoms with Crippen molar-refractivity contribution >= 4 is 29.9 Å². The summed E-state index contributed by atoms with van der Waals surface area (Å²) in [5.74, 6) is 0.979. The number of hydrogen-bond donors (Lipinski definition) is 1. The third kappa shape index (κ3) is 5.93. The van der Waals surface area contributed by atoms with E-state index in [1.54, 1.807) is 0 Å². The van der Waals surface area contributed by atoms with E-state index in [0.717, 1.165) is 64.9 Å². The van der Waals surface area contributed by atoms with Crippen molar-refractivity contribution in [1.29, 1.82) is 0 Å². The average Bonchev–Trinajstić information content (AvgIpc) is 2.76. The number of halogens is 1. The maximum atomic E-state index is 5.43. The molecule has 2 aliphatic rings. The van der Waals surface area contributed by atoms with Gasteiger partial charge >= 0.3 is 0 Å². The molecule has 156 valence electrons. The monoisotopic (exact) mass is 506 g/mol. The summed E-state index contributed by atoms with van der Waals surface area (Å²) >= 11 is 0. The molecule has 6 heteroatoms. The lowest BCUT2D eigenvalue weighted by Crippen LogP contribution is -2.43. The summed E-state index contributed by atoms with van der Waals surface area (Å²) < 4.78 is 5.43. The summed E-state index contributed by atoms with van der Waals surface area (Å²) in [4.78, 5) is 9.30. The van der Waals surface area contributed by atoms with Crippen LogP contribution in [0.5, 0.6) is 0 Å². The molecule has 2 aliphatic heterocycles. The Labute approximate surface area is 191 Å². The van der Waals surface area contributed by atoms with Crippen LogP contribution in [-0.4, -0.2) is 55.7 Å². The first-order valence-corrected chi connectivity index (χ1v) is 10.2. The molecule has 0 atom stereocenters. The third-order valence-electron chi connectivity index (χ3n) is 5.63. The van der Waals surface area contributed by atoms with Gasteiger partial charge in [0.1, 0.15) is 0 Å². The molecule has 2 aromatic carbocycles. The van der Waals surface area contributed by atoms with E-state index in [1.807, 2.05) is 7.05 Å². The number of nitrogens with one attached hydrogen (secondary N) is 1. The lowest BCUT2D eigenvalue weighted by atomic mass is 10.0. The Bertz CT molecular complexity index is 803. The zero-order valence-corrected chi connectivity index (χ0v) is 19.5. The van der Waals surface area contributed by atoms with Crippen LogP contribution in [0.4, 0.5) is 0 Å². The van der Waals surface area contributed by atoms with Crippen LogP contribution in [0.3, 0.4) is 0 Å². The Hall–Kier alpha value is -1.64. The van der Waals surface area contributed by atoms with Crippen molar-refractivity contribution in [2.75, 3.05) is 39.9 Å². The topological polar surface area (TPSA) is 40.1 Å². The number of rotatable bonds is 4. The van der Waals surface area contributed by atoms with Crippen LogP contribution in [-0.2, 0) is 30.8 Å². The molecule has 1 fully saturated rings. The van der Waals surface area contributed by atoms with Crippen molar-refractivity contribution < 1.29 is 4.74 Å². The van der Waals surface area contributed by atoms with Crippen molar-refractivity contribution in [1.82, 2.24) is 15.1 Å². The molecule has 0 amide bonds. The summed E-state index contributed by atoms with van der Waals surface area (Å²) in [5, 5.41) is 3.54. The fourth-order valence-electron chi connectivity index (χ4n) is 3.97. The van der Waals surface area contributed by atoms with Gasteiger partial charge in [-0.25, -0.2) is 0 Å². The third-order valence-corrected chi connectivity index (χ3v) is 5.63. The highest BCUT2D eigenvalue weighted by molar-refractivity contribution is 14.0. The quantitative estimate of drug-likeness (QED) is 0.393. The highest BCUT2D eigenvalue weighted by Crippen LogP contribution is 2.18. The minimum absolute atomic E-state index is 0. The van der Waals surface area contributed by atoms with Crippen molar-refractivity contribution in [3.05, 3.63) is 70.8 Å². The van der Waals surface area contributed by atoms with Gasteiger partial charge in [-0.2, -0.15) is 0 Å². The fraction of sp³-hybridized carbons (Fsp3) is 0.435. The number of hydrogen-bond acceptors (Lipinski definition) is 3. The Balaban J connectivity index is 0.00000240. The van der Waals surface area contributed by atoms with Crippen molar-refractivity contribution in [3.63, 3.8) is 0 Å². The summed E-state index contributed by atoms with van der Waals surface area (Å²) in [6.07, 6.45) is 1.08. The molecule has 4 rings (SSSR count). The predicted octanol–water partition coefficient (Wildman–Crippen LogP) is 3.27. The molecule has 1 saturated heterocycles. The molecule has 0 aromatic heterocycles. The van der Waals surface area contributed by atoms with Gasteiger partial charge in [0.25, 0.3) is 0 Å². The Morgan fingerprint density at radius 2 is 1.66 bits per heavy atom. The van der Waals surface area contributed by atoms with Crippen LogP contribution in [0.2, 0.25) is 0 Å². The van der Waals surface area contributed by atoms with E-state index in [4.69, 9.17) is 4.74 Å². The number of aliphatic imine (C=N–C) groups is 1. The molecule has 29 heavy (non-hydrogen) atoms. The molecule has 5 nitrogen and oxygen atoms in total. The van der Waals surface area contributed by atoms with Crippen molar-refractivity contribution in [2.24, 2.45) is 4.99 Å². The van der Waals surface area contributed by atoms with Crippen LogP contribution in [0, 0.1) is 0 Å². The number of benzene rings is 2. The fourth-order valence-corrected chi connectivity index (χ4v) is 3.97. The summed E-state index contributed by atoms with van der Waals surface area (Å²) in [6, 6.07) is 17.6. The largest absolute Gasteiger partial charge is 0.379 e. The van der Waals surface area contributed by atoms with Crippen molar-refractivity contribution in [2.45, 2.75) is 26.1 Å². The number of ether oxygens (including phenoxy) is 1. The van der Waals surface area contributed by atoms with Gasteiger partial charge in [-0.3, -0.25) is 9.89 Å². The van der Waals surface area contributed by atoms with Gasteiger partial charge in [-0.05, 0) is 28.7 Å². The first-order chi connectivity index (χ1) is 13.8. The molecular formula is C23H31IN4O. The Morgan fingerprint density at radius 3 is 2.38 bits per heavy atom. The lowest BCUT2D eigenvalue weighted by molar-refractivity contribution is 0.0342. The van der Waals surface area contributed by atoms with E-state index >= 15 is 0 Å². The van der Waals surface area contributed by atoms with Crippen LogP contribution in [0.1, 0.15) is 22.3 Å².